The Labute approximate surface area is 186 Å². The number of nitrogens with two attached hydrogens (primary N) is 1. The van der Waals surface area contributed by atoms with Crippen LogP contribution in [0.25, 0.3) is 0 Å². The van der Waals surface area contributed by atoms with Crippen molar-refractivity contribution in [3.05, 3.63) is 35.9 Å². The van der Waals surface area contributed by atoms with Gasteiger partial charge < -0.3 is 15.2 Å². The maximum absolute atomic E-state index is 13.3. The number of unbranched alkanes of at least 4 members (excludes halogenated alkanes) is 1. The molecule has 0 bridgehead atoms. The van der Waals surface area contributed by atoms with E-state index in [2.05, 4.69) is 5.32 Å². The molecular formula is C20H28BrN3O6. The predicted octanol–water partition coefficient (Wildman–Crippen LogP) is 2.27. The molecule has 30 heavy (non-hydrogen) atoms. The van der Waals surface area contributed by atoms with Gasteiger partial charge in [-0.1, -0.05) is 50.6 Å². The van der Waals surface area contributed by atoms with Gasteiger partial charge in [0.05, 0.1) is 13.2 Å². The number of halogens is 1. The molecule has 10 heteroatoms. The van der Waals surface area contributed by atoms with Gasteiger partial charge in [0.15, 0.2) is 5.41 Å². The number of imide groups is 2. The third kappa shape index (κ3) is 5.57. The molecule has 3 N–H and O–H groups in total. The zero-order valence-corrected chi connectivity index (χ0v) is 18.8. The van der Waals surface area contributed by atoms with Crippen LogP contribution in [0.5, 0.6) is 0 Å². The van der Waals surface area contributed by atoms with E-state index in [1.165, 1.54) is 0 Å². The lowest BCUT2D eigenvalue weighted by Gasteiger charge is -2.39. The third-order valence-electron chi connectivity index (χ3n) is 4.88. The number of nitrogens with zero attached hydrogens (tertiary/aromatic N) is 1. The highest BCUT2D eigenvalue weighted by molar-refractivity contribution is 8.93. The summed E-state index contributed by atoms with van der Waals surface area (Å²) in [6.07, 6.45) is -0.0994. The van der Waals surface area contributed by atoms with Crippen molar-refractivity contribution in [2.24, 2.45) is 5.73 Å². The SMILES string of the molecule is Br.CCCCOCC(CN1C(=O)NC(=O)C(CC)(c2ccccc2)C1=O)OC(N)=O. The molecule has 1 aromatic rings. The van der Waals surface area contributed by atoms with Crippen LogP contribution in [0.1, 0.15) is 38.7 Å². The molecule has 0 saturated carbocycles. The highest BCUT2D eigenvalue weighted by Gasteiger charge is 2.54. The molecule has 166 valence electrons. The van der Waals surface area contributed by atoms with E-state index in [-0.39, 0.29) is 36.6 Å². The third-order valence-corrected chi connectivity index (χ3v) is 4.88. The van der Waals surface area contributed by atoms with Crippen molar-refractivity contribution >= 4 is 40.9 Å². The summed E-state index contributed by atoms with van der Waals surface area (Å²) in [5.41, 5.74) is 4.05. The number of rotatable bonds is 10. The molecule has 2 rings (SSSR count). The number of primary amides is 1. The average molecular weight is 486 g/mol. The molecule has 2 unspecified atom stereocenters. The lowest BCUT2D eigenvalue weighted by Crippen LogP contribution is -2.67. The number of benzene rings is 1. The second kappa shape index (κ2) is 11.7. The number of amides is 5. The van der Waals surface area contributed by atoms with Gasteiger partial charge in [0.2, 0.25) is 5.91 Å². The number of barbiturate groups is 1. The van der Waals surface area contributed by atoms with Crippen LogP contribution >= 0.6 is 17.0 Å². The number of ether oxygens (including phenoxy) is 2. The van der Waals surface area contributed by atoms with Gasteiger partial charge in [-0.2, -0.15) is 0 Å². The summed E-state index contributed by atoms with van der Waals surface area (Å²) in [5.74, 6) is -1.35. The van der Waals surface area contributed by atoms with Gasteiger partial charge in [-0.25, -0.2) is 9.59 Å². The van der Waals surface area contributed by atoms with E-state index in [0.717, 1.165) is 17.7 Å². The fourth-order valence-corrected chi connectivity index (χ4v) is 3.30. The summed E-state index contributed by atoms with van der Waals surface area (Å²) in [4.78, 5) is 50.6. The minimum atomic E-state index is -1.55. The van der Waals surface area contributed by atoms with E-state index in [4.69, 9.17) is 15.2 Å². The molecule has 9 nitrogen and oxygen atoms in total. The van der Waals surface area contributed by atoms with Crippen molar-refractivity contribution in [3.8, 4) is 0 Å². The maximum Gasteiger partial charge on any atom is 0.404 e. The molecule has 1 fully saturated rings. The van der Waals surface area contributed by atoms with Crippen molar-refractivity contribution in [1.82, 2.24) is 10.2 Å². The second-order valence-corrected chi connectivity index (χ2v) is 6.79. The van der Waals surface area contributed by atoms with Crippen LogP contribution in [0.2, 0.25) is 0 Å². The molecule has 0 aliphatic carbocycles. The normalized spacial score (nSPS) is 19.7. The van der Waals surface area contributed by atoms with E-state index in [1.807, 2.05) is 6.92 Å². The van der Waals surface area contributed by atoms with Crippen molar-refractivity contribution in [3.63, 3.8) is 0 Å². The van der Waals surface area contributed by atoms with E-state index in [0.29, 0.717) is 12.2 Å². The fourth-order valence-electron chi connectivity index (χ4n) is 3.30. The summed E-state index contributed by atoms with van der Waals surface area (Å²) in [6.45, 7) is 3.84. The highest BCUT2D eigenvalue weighted by Crippen LogP contribution is 2.33. The molecule has 0 radical (unpaired) electrons. The fraction of sp³-hybridized carbons (Fsp3) is 0.500. The van der Waals surface area contributed by atoms with Crippen LogP contribution in [0, 0.1) is 0 Å². The smallest absolute Gasteiger partial charge is 0.404 e. The van der Waals surface area contributed by atoms with Crippen LogP contribution in [-0.2, 0) is 24.5 Å². The van der Waals surface area contributed by atoms with Crippen molar-refractivity contribution in [2.45, 2.75) is 44.6 Å². The number of hydrogen-bond acceptors (Lipinski definition) is 6. The first-order valence-corrected chi connectivity index (χ1v) is 9.63. The van der Waals surface area contributed by atoms with E-state index in [9.17, 15) is 19.2 Å². The van der Waals surface area contributed by atoms with Gasteiger partial charge in [-0.3, -0.25) is 19.8 Å². The van der Waals surface area contributed by atoms with E-state index >= 15 is 0 Å². The number of carbonyl (C=O) groups excluding carboxylic acids is 4. The zero-order valence-electron chi connectivity index (χ0n) is 17.1. The van der Waals surface area contributed by atoms with Crippen LogP contribution < -0.4 is 11.1 Å². The Bertz CT molecular complexity index is 760. The van der Waals surface area contributed by atoms with Crippen molar-refractivity contribution in [1.29, 1.82) is 0 Å². The Kier molecular flexibility index (Phi) is 9.94. The Morgan fingerprint density at radius 1 is 1.20 bits per heavy atom. The molecule has 1 aromatic carbocycles. The van der Waals surface area contributed by atoms with E-state index in [1.54, 1.807) is 37.3 Å². The topological polar surface area (TPSA) is 128 Å². The van der Waals surface area contributed by atoms with Crippen LogP contribution in [0.3, 0.4) is 0 Å². The molecule has 2 atom stereocenters. The average Bonchev–Trinajstić information content (AvgIpc) is 2.69. The second-order valence-electron chi connectivity index (χ2n) is 6.79. The summed E-state index contributed by atoms with van der Waals surface area (Å²) >= 11 is 0. The predicted molar refractivity (Wildman–Crippen MR) is 114 cm³/mol. The highest BCUT2D eigenvalue weighted by atomic mass is 79.9. The number of carbonyl (C=O) groups is 4. The number of urea groups is 1. The van der Waals surface area contributed by atoms with Gasteiger partial charge in [0, 0.05) is 6.61 Å². The first-order chi connectivity index (χ1) is 13.9. The van der Waals surface area contributed by atoms with E-state index < -0.39 is 35.5 Å². The zero-order chi connectivity index (χ0) is 21.4. The molecule has 1 heterocycles. The molecule has 1 saturated heterocycles. The molecule has 1 aliphatic rings. The van der Waals surface area contributed by atoms with Gasteiger partial charge in [0.25, 0.3) is 5.91 Å². The van der Waals surface area contributed by atoms with Crippen LogP contribution in [0.4, 0.5) is 9.59 Å². The van der Waals surface area contributed by atoms with Crippen LogP contribution in [0.15, 0.2) is 30.3 Å². The number of hydrogen-bond donors (Lipinski definition) is 2. The van der Waals surface area contributed by atoms with Crippen molar-refractivity contribution < 1.29 is 28.7 Å². The van der Waals surface area contributed by atoms with Crippen LogP contribution in [-0.4, -0.2) is 54.7 Å². The van der Waals surface area contributed by atoms with Crippen molar-refractivity contribution in [2.75, 3.05) is 19.8 Å². The minimum absolute atomic E-state index is 0. The molecule has 0 spiro atoms. The summed E-state index contributed by atoms with van der Waals surface area (Å²) in [5, 5.41) is 2.25. The maximum atomic E-state index is 13.3. The minimum Gasteiger partial charge on any atom is -0.442 e. The summed E-state index contributed by atoms with van der Waals surface area (Å²) < 4.78 is 10.5. The molecule has 1 aliphatic heterocycles. The van der Waals surface area contributed by atoms with Gasteiger partial charge >= 0.3 is 12.1 Å². The first-order valence-electron chi connectivity index (χ1n) is 9.63. The lowest BCUT2D eigenvalue weighted by atomic mass is 9.74. The quantitative estimate of drug-likeness (QED) is 0.386. The monoisotopic (exact) mass is 485 g/mol. The summed E-state index contributed by atoms with van der Waals surface area (Å²) in [6, 6.07) is 7.67. The Hall–Kier alpha value is -2.46. The first kappa shape index (κ1) is 25.6. The van der Waals surface area contributed by atoms with Gasteiger partial charge in [-0.05, 0) is 18.4 Å². The Balaban J connectivity index is 0.00000450. The standard InChI is InChI=1S/C20H27N3O6.BrH/c1-3-5-11-28-13-15(29-18(21)26)12-23-17(25)20(4-2,16(24)22-19(23)27)14-9-7-6-8-10-14;/h6-10,15H,3-5,11-13H2,1-2H3,(H2,21,26)(H,22,24,27);1H. The Morgan fingerprint density at radius 2 is 1.87 bits per heavy atom. The lowest BCUT2D eigenvalue weighted by molar-refractivity contribution is -0.146. The molecular weight excluding hydrogens is 458 g/mol. The summed E-state index contributed by atoms with van der Waals surface area (Å²) in [7, 11) is 0. The molecule has 0 aromatic heterocycles. The Morgan fingerprint density at radius 3 is 2.43 bits per heavy atom. The largest absolute Gasteiger partial charge is 0.442 e. The molecule has 5 amide bonds. The number of nitrogens with one attached hydrogen (secondary N) is 1. The van der Waals surface area contributed by atoms with Gasteiger partial charge in [0.1, 0.15) is 6.10 Å². The van der Waals surface area contributed by atoms with Gasteiger partial charge in [-0.15, -0.1) is 17.0 Å².